The third-order valence-electron chi connectivity index (χ3n) is 2.54. The second-order valence-corrected chi connectivity index (χ2v) is 3.91. The molecule has 0 radical (unpaired) electrons. The van der Waals surface area contributed by atoms with Crippen LogP contribution in [0.2, 0.25) is 0 Å². The molecule has 1 unspecified atom stereocenters. The third kappa shape index (κ3) is 1.31. The van der Waals surface area contributed by atoms with Gasteiger partial charge in [0.25, 0.3) is 0 Å². The minimum atomic E-state index is -0.501. The van der Waals surface area contributed by atoms with Crippen molar-refractivity contribution in [2.45, 2.75) is 26.4 Å². The fourth-order valence-electron chi connectivity index (χ4n) is 1.59. The van der Waals surface area contributed by atoms with Gasteiger partial charge in [0.05, 0.1) is 5.57 Å². The average Bonchev–Trinajstić information content (AvgIpc) is 2.48. The van der Waals surface area contributed by atoms with Crippen LogP contribution in [-0.4, -0.2) is 24.5 Å². The molecule has 1 atom stereocenters. The summed E-state index contributed by atoms with van der Waals surface area (Å²) in [6.07, 6.45) is 0.166. The number of hydrogen-bond acceptors (Lipinski definition) is 4. The van der Waals surface area contributed by atoms with Crippen LogP contribution in [0.3, 0.4) is 0 Å². The number of Topliss-reactive ketones (excluding diaryl/α,β-unsaturated/α-hetero) is 1. The molecule has 14 heavy (non-hydrogen) atoms. The zero-order valence-corrected chi connectivity index (χ0v) is 8.20. The van der Waals surface area contributed by atoms with E-state index in [2.05, 4.69) is 0 Å². The van der Waals surface area contributed by atoms with Crippen LogP contribution in [0.5, 0.6) is 0 Å². The van der Waals surface area contributed by atoms with Crippen molar-refractivity contribution < 1.29 is 19.1 Å². The van der Waals surface area contributed by atoms with Crippen LogP contribution in [0.1, 0.15) is 20.3 Å². The van der Waals surface area contributed by atoms with Crippen molar-refractivity contribution in [1.29, 1.82) is 0 Å². The minimum absolute atomic E-state index is 0.0178. The summed E-state index contributed by atoms with van der Waals surface area (Å²) in [7, 11) is 0. The summed E-state index contributed by atoms with van der Waals surface area (Å²) in [6.45, 7) is 4.01. The van der Waals surface area contributed by atoms with E-state index in [1.807, 2.05) is 13.8 Å². The van der Waals surface area contributed by atoms with Crippen molar-refractivity contribution in [2.75, 3.05) is 6.61 Å². The number of rotatable bonds is 1. The zero-order valence-electron chi connectivity index (χ0n) is 8.20. The maximum absolute atomic E-state index is 11.6. The fourth-order valence-corrected chi connectivity index (χ4v) is 1.59. The van der Waals surface area contributed by atoms with Crippen molar-refractivity contribution >= 4 is 11.8 Å². The van der Waals surface area contributed by atoms with Gasteiger partial charge >= 0.3 is 5.97 Å². The Morgan fingerprint density at radius 2 is 2.07 bits per heavy atom. The van der Waals surface area contributed by atoms with Gasteiger partial charge in [0.2, 0.25) is 5.76 Å². The molecule has 0 saturated heterocycles. The lowest BCUT2D eigenvalue weighted by molar-refractivity contribution is -0.141. The quantitative estimate of drug-likeness (QED) is 0.582. The predicted octanol–water partition coefficient (Wildman–Crippen LogP) is 0.811. The highest BCUT2D eigenvalue weighted by Crippen LogP contribution is 2.29. The predicted molar refractivity (Wildman–Crippen MR) is 47.3 cm³/mol. The van der Waals surface area contributed by atoms with Crippen LogP contribution in [-0.2, 0) is 19.1 Å². The van der Waals surface area contributed by atoms with E-state index >= 15 is 0 Å². The molecule has 2 heterocycles. The van der Waals surface area contributed by atoms with Crippen LogP contribution >= 0.6 is 0 Å². The van der Waals surface area contributed by atoms with E-state index in [0.29, 0.717) is 12.0 Å². The summed E-state index contributed by atoms with van der Waals surface area (Å²) in [5.41, 5.74) is 0.409. The van der Waals surface area contributed by atoms with Crippen molar-refractivity contribution in [3.63, 3.8) is 0 Å². The molecular weight excluding hydrogens is 184 g/mol. The molecule has 0 spiro atoms. The SMILES string of the molecule is CC(C)C1CC(=O)C2=C(O1)C(=O)OC2. The lowest BCUT2D eigenvalue weighted by Gasteiger charge is -2.25. The molecule has 0 aromatic carbocycles. The zero-order chi connectivity index (χ0) is 10.3. The molecule has 2 aliphatic rings. The largest absolute Gasteiger partial charge is 0.482 e. The van der Waals surface area contributed by atoms with Crippen molar-refractivity contribution in [2.24, 2.45) is 5.92 Å². The number of cyclic esters (lactones) is 1. The molecule has 0 aromatic rings. The Labute approximate surface area is 81.9 Å². The maximum atomic E-state index is 11.6. The smallest absolute Gasteiger partial charge is 0.374 e. The van der Waals surface area contributed by atoms with E-state index in [0.717, 1.165) is 0 Å². The van der Waals surface area contributed by atoms with Gasteiger partial charge in [0.15, 0.2) is 5.78 Å². The molecule has 0 bridgehead atoms. The van der Waals surface area contributed by atoms with Crippen LogP contribution in [0.4, 0.5) is 0 Å². The highest BCUT2D eigenvalue weighted by atomic mass is 16.6. The summed E-state index contributed by atoms with van der Waals surface area (Å²) >= 11 is 0. The standard InChI is InChI=1S/C10H12O4/c1-5(2)8-3-7(11)6-4-13-10(12)9(6)14-8/h5,8H,3-4H2,1-2H3. The number of hydrogen-bond donors (Lipinski definition) is 0. The maximum Gasteiger partial charge on any atom is 0.374 e. The molecule has 0 fully saturated rings. The Morgan fingerprint density at radius 3 is 2.71 bits per heavy atom. The topological polar surface area (TPSA) is 52.6 Å². The van der Waals surface area contributed by atoms with E-state index in [-0.39, 0.29) is 30.2 Å². The van der Waals surface area contributed by atoms with Crippen molar-refractivity contribution in [3.8, 4) is 0 Å². The fraction of sp³-hybridized carbons (Fsp3) is 0.600. The summed E-state index contributed by atoms with van der Waals surface area (Å²) < 4.78 is 10.2. The van der Waals surface area contributed by atoms with E-state index in [1.54, 1.807) is 0 Å². The van der Waals surface area contributed by atoms with E-state index in [1.165, 1.54) is 0 Å². The summed E-state index contributed by atoms with van der Waals surface area (Å²) in [5.74, 6) is -0.157. The van der Waals surface area contributed by atoms with Gasteiger partial charge in [0.1, 0.15) is 12.7 Å². The van der Waals surface area contributed by atoms with Crippen LogP contribution < -0.4 is 0 Å². The van der Waals surface area contributed by atoms with Crippen LogP contribution in [0.25, 0.3) is 0 Å². The summed E-state index contributed by atoms with van der Waals surface area (Å²) in [4.78, 5) is 22.7. The van der Waals surface area contributed by atoms with Gasteiger partial charge in [-0.2, -0.15) is 0 Å². The molecule has 0 amide bonds. The second kappa shape index (κ2) is 3.12. The number of carbonyl (C=O) groups excluding carboxylic acids is 2. The van der Waals surface area contributed by atoms with Crippen LogP contribution in [0.15, 0.2) is 11.3 Å². The number of carbonyl (C=O) groups is 2. The third-order valence-corrected chi connectivity index (χ3v) is 2.54. The minimum Gasteiger partial charge on any atom is -0.482 e. The molecule has 0 N–H and O–H groups in total. The first-order valence-electron chi connectivity index (χ1n) is 4.69. The Kier molecular flexibility index (Phi) is 2.06. The van der Waals surface area contributed by atoms with Gasteiger partial charge in [-0.3, -0.25) is 4.79 Å². The molecule has 4 heteroatoms. The molecule has 4 nitrogen and oxygen atoms in total. The van der Waals surface area contributed by atoms with Crippen molar-refractivity contribution in [3.05, 3.63) is 11.3 Å². The molecule has 0 aromatic heterocycles. The van der Waals surface area contributed by atoms with Gasteiger partial charge in [-0.05, 0) is 5.92 Å². The van der Waals surface area contributed by atoms with Gasteiger partial charge < -0.3 is 9.47 Å². The van der Waals surface area contributed by atoms with Gasteiger partial charge in [-0.1, -0.05) is 13.8 Å². The highest BCUT2D eigenvalue weighted by Gasteiger charge is 2.38. The molecule has 2 aliphatic heterocycles. The average molecular weight is 196 g/mol. The Bertz CT molecular complexity index is 327. The van der Waals surface area contributed by atoms with E-state index in [4.69, 9.17) is 9.47 Å². The van der Waals surface area contributed by atoms with E-state index in [9.17, 15) is 9.59 Å². The van der Waals surface area contributed by atoms with Gasteiger partial charge in [0, 0.05) is 6.42 Å². The van der Waals surface area contributed by atoms with Crippen LogP contribution in [0, 0.1) is 5.92 Å². The van der Waals surface area contributed by atoms with Gasteiger partial charge in [-0.25, -0.2) is 4.79 Å². The normalized spacial score (nSPS) is 26.4. The first-order chi connectivity index (χ1) is 6.59. The lowest BCUT2D eigenvalue weighted by atomic mass is 9.95. The Balaban J connectivity index is 2.27. The van der Waals surface area contributed by atoms with Crippen molar-refractivity contribution in [1.82, 2.24) is 0 Å². The van der Waals surface area contributed by atoms with Gasteiger partial charge in [-0.15, -0.1) is 0 Å². The molecule has 0 aliphatic carbocycles. The second-order valence-electron chi connectivity index (χ2n) is 3.91. The highest BCUT2D eigenvalue weighted by molar-refractivity contribution is 6.06. The summed E-state index contributed by atoms with van der Waals surface area (Å²) in [6, 6.07) is 0. The molecule has 0 saturated carbocycles. The molecular formula is C10H12O4. The molecule has 2 rings (SSSR count). The monoisotopic (exact) mass is 196 g/mol. The first kappa shape index (κ1) is 9.24. The lowest BCUT2D eigenvalue weighted by Crippen LogP contribution is -2.30. The summed E-state index contributed by atoms with van der Waals surface area (Å²) in [5, 5.41) is 0. The number of ether oxygens (including phenoxy) is 2. The Hall–Kier alpha value is -1.32. The first-order valence-corrected chi connectivity index (χ1v) is 4.69. The molecule has 76 valence electrons. The number of ketones is 1. The van der Waals surface area contributed by atoms with E-state index < -0.39 is 5.97 Å². The number of esters is 1. The Morgan fingerprint density at radius 1 is 1.36 bits per heavy atom.